The number of benzene rings is 3. The van der Waals surface area contributed by atoms with E-state index < -0.39 is 5.91 Å². The Morgan fingerprint density at radius 2 is 1.36 bits per heavy atom. The molecule has 33 heavy (non-hydrogen) atoms. The van der Waals surface area contributed by atoms with E-state index in [0.717, 1.165) is 5.56 Å². The van der Waals surface area contributed by atoms with Gasteiger partial charge in [-0.05, 0) is 30.7 Å². The molecular weight excluding hydrogens is 416 g/mol. The lowest BCUT2D eigenvalue weighted by atomic mass is 10.0. The van der Waals surface area contributed by atoms with Crippen molar-refractivity contribution in [3.05, 3.63) is 95.7 Å². The number of anilines is 1. The van der Waals surface area contributed by atoms with Gasteiger partial charge < -0.3 is 14.4 Å². The number of likely N-dealkylation sites (N-methyl/N-ethyl adjacent to an activating group) is 1. The Balaban J connectivity index is 1.89. The molecule has 6 nitrogen and oxygen atoms in total. The molecule has 1 heterocycles. The third kappa shape index (κ3) is 4.07. The smallest absolute Gasteiger partial charge is 0.282 e. The zero-order valence-corrected chi connectivity index (χ0v) is 18.9. The molecular formula is C27H26N2O4. The Bertz CT molecular complexity index is 1200. The lowest BCUT2D eigenvalue weighted by Crippen LogP contribution is -2.35. The summed E-state index contributed by atoms with van der Waals surface area (Å²) in [6.45, 7) is 3.01. The topological polar surface area (TPSA) is 59.1 Å². The molecule has 3 aromatic carbocycles. The Kier molecular flexibility index (Phi) is 6.45. The van der Waals surface area contributed by atoms with Gasteiger partial charge in [-0.25, -0.2) is 4.90 Å². The first-order valence-electron chi connectivity index (χ1n) is 10.8. The van der Waals surface area contributed by atoms with Crippen LogP contribution in [0.1, 0.15) is 18.1 Å². The van der Waals surface area contributed by atoms with Crippen LogP contribution < -0.4 is 14.4 Å². The summed E-state index contributed by atoms with van der Waals surface area (Å²) in [6, 6.07) is 24.2. The predicted octanol–water partition coefficient (Wildman–Crippen LogP) is 4.51. The SMILES string of the molecule is CCN(Cc1ccccc1)C1=C(c2ccccc2OC)C(=O)N(c2ccccc2OC)C1=O. The van der Waals surface area contributed by atoms with Crippen molar-refractivity contribution in [3.8, 4) is 11.5 Å². The number of methoxy groups -OCH3 is 2. The minimum atomic E-state index is -0.407. The number of hydrogen-bond donors (Lipinski definition) is 0. The van der Waals surface area contributed by atoms with Gasteiger partial charge in [0.25, 0.3) is 11.8 Å². The molecule has 3 aromatic rings. The molecule has 0 spiro atoms. The Morgan fingerprint density at radius 1 is 0.758 bits per heavy atom. The molecule has 2 amide bonds. The van der Waals surface area contributed by atoms with Gasteiger partial charge in [0.15, 0.2) is 0 Å². The zero-order chi connectivity index (χ0) is 23.4. The monoisotopic (exact) mass is 442 g/mol. The van der Waals surface area contributed by atoms with Crippen LogP contribution in [0.3, 0.4) is 0 Å². The van der Waals surface area contributed by atoms with Crippen LogP contribution in [0, 0.1) is 0 Å². The van der Waals surface area contributed by atoms with Crippen LogP contribution in [0.2, 0.25) is 0 Å². The number of para-hydroxylation sites is 3. The second kappa shape index (κ2) is 9.61. The van der Waals surface area contributed by atoms with Crippen LogP contribution in [0.15, 0.2) is 84.6 Å². The van der Waals surface area contributed by atoms with Gasteiger partial charge in [-0.2, -0.15) is 0 Å². The first-order valence-corrected chi connectivity index (χ1v) is 10.8. The van der Waals surface area contributed by atoms with E-state index in [4.69, 9.17) is 9.47 Å². The summed E-state index contributed by atoms with van der Waals surface area (Å²) in [5.41, 5.74) is 2.70. The standard InChI is InChI=1S/C27H26N2O4/c1-4-28(18-19-12-6-5-7-13-19)25-24(20-14-8-10-16-22(20)32-2)26(30)29(27(25)31)21-15-9-11-17-23(21)33-3/h5-17H,4,18H2,1-3H3. The van der Waals surface area contributed by atoms with Crippen LogP contribution >= 0.6 is 0 Å². The third-order valence-corrected chi connectivity index (χ3v) is 5.68. The number of ether oxygens (including phenoxy) is 2. The third-order valence-electron chi connectivity index (χ3n) is 5.68. The van der Waals surface area contributed by atoms with Gasteiger partial charge in [0.2, 0.25) is 0 Å². The van der Waals surface area contributed by atoms with Gasteiger partial charge in [0.1, 0.15) is 17.2 Å². The van der Waals surface area contributed by atoms with Crippen molar-refractivity contribution < 1.29 is 19.1 Å². The Morgan fingerprint density at radius 3 is 2.03 bits per heavy atom. The second-order valence-electron chi connectivity index (χ2n) is 7.54. The van der Waals surface area contributed by atoms with E-state index in [1.807, 2.05) is 54.3 Å². The molecule has 0 N–H and O–H groups in total. The van der Waals surface area contributed by atoms with E-state index in [2.05, 4.69) is 0 Å². The summed E-state index contributed by atoms with van der Waals surface area (Å²) in [4.78, 5) is 30.8. The molecule has 4 rings (SSSR count). The molecule has 0 aliphatic carbocycles. The molecule has 0 aromatic heterocycles. The van der Waals surface area contributed by atoms with Crippen LogP contribution in [-0.4, -0.2) is 37.5 Å². The number of hydrogen-bond acceptors (Lipinski definition) is 5. The van der Waals surface area contributed by atoms with Crippen LogP contribution in [0.5, 0.6) is 11.5 Å². The number of rotatable bonds is 8. The number of imide groups is 1. The van der Waals surface area contributed by atoms with Crippen molar-refractivity contribution in [2.45, 2.75) is 13.5 Å². The molecule has 0 fully saturated rings. The Labute approximate surface area is 193 Å². The van der Waals surface area contributed by atoms with Crippen LogP contribution in [0.25, 0.3) is 5.57 Å². The van der Waals surface area contributed by atoms with Crippen LogP contribution in [0.4, 0.5) is 5.69 Å². The average Bonchev–Trinajstić information content (AvgIpc) is 3.12. The van der Waals surface area contributed by atoms with Crippen molar-refractivity contribution in [2.75, 3.05) is 25.7 Å². The highest BCUT2D eigenvalue weighted by Gasteiger charge is 2.44. The van der Waals surface area contributed by atoms with Gasteiger partial charge in [0, 0.05) is 18.7 Å². The van der Waals surface area contributed by atoms with E-state index in [-0.39, 0.29) is 5.91 Å². The van der Waals surface area contributed by atoms with E-state index in [0.29, 0.717) is 47.1 Å². The van der Waals surface area contributed by atoms with E-state index in [1.165, 1.54) is 12.0 Å². The van der Waals surface area contributed by atoms with Crippen LogP contribution in [-0.2, 0) is 16.1 Å². The maximum Gasteiger partial charge on any atom is 0.282 e. The van der Waals surface area contributed by atoms with Crippen molar-refractivity contribution in [1.82, 2.24) is 4.90 Å². The molecule has 0 atom stereocenters. The fourth-order valence-corrected chi connectivity index (χ4v) is 4.09. The number of carbonyl (C=O) groups is 2. The maximum atomic E-state index is 13.9. The minimum absolute atomic E-state index is 0.320. The molecule has 6 heteroatoms. The normalized spacial score (nSPS) is 13.5. The van der Waals surface area contributed by atoms with Gasteiger partial charge >= 0.3 is 0 Å². The predicted molar refractivity (Wildman–Crippen MR) is 128 cm³/mol. The van der Waals surface area contributed by atoms with E-state index >= 15 is 0 Å². The fourth-order valence-electron chi connectivity index (χ4n) is 4.09. The summed E-state index contributed by atoms with van der Waals surface area (Å²) in [6.07, 6.45) is 0. The number of carbonyl (C=O) groups excluding carboxylic acids is 2. The lowest BCUT2D eigenvalue weighted by Gasteiger charge is -2.25. The molecule has 0 saturated heterocycles. The first kappa shape index (κ1) is 22.1. The van der Waals surface area contributed by atoms with Crippen molar-refractivity contribution >= 4 is 23.1 Å². The number of amides is 2. The molecule has 0 radical (unpaired) electrons. The van der Waals surface area contributed by atoms with E-state index in [1.54, 1.807) is 43.5 Å². The summed E-state index contributed by atoms with van der Waals surface area (Å²) < 4.78 is 11.0. The molecule has 1 aliphatic heterocycles. The first-order chi connectivity index (χ1) is 16.1. The van der Waals surface area contributed by atoms with Gasteiger partial charge in [0.05, 0.1) is 25.5 Å². The second-order valence-corrected chi connectivity index (χ2v) is 7.54. The molecule has 1 aliphatic rings. The highest BCUT2D eigenvalue weighted by atomic mass is 16.5. The zero-order valence-electron chi connectivity index (χ0n) is 18.9. The molecule has 0 unspecified atom stereocenters. The molecule has 0 saturated carbocycles. The lowest BCUT2D eigenvalue weighted by molar-refractivity contribution is -0.120. The van der Waals surface area contributed by atoms with Gasteiger partial charge in [-0.1, -0.05) is 60.7 Å². The van der Waals surface area contributed by atoms with Gasteiger partial charge in [-0.15, -0.1) is 0 Å². The molecule has 0 bridgehead atoms. The average molecular weight is 443 g/mol. The summed E-state index contributed by atoms with van der Waals surface area (Å²) in [7, 11) is 3.08. The van der Waals surface area contributed by atoms with E-state index in [9.17, 15) is 9.59 Å². The van der Waals surface area contributed by atoms with Crippen molar-refractivity contribution in [2.24, 2.45) is 0 Å². The maximum absolute atomic E-state index is 13.9. The highest BCUT2D eigenvalue weighted by Crippen LogP contribution is 2.41. The van der Waals surface area contributed by atoms with Crippen molar-refractivity contribution in [1.29, 1.82) is 0 Å². The highest BCUT2D eigenvalue weighted by molar-refractivity contribution is 6.46. The number of nitrogens with zero attached hydrogens (tertiary/aromatic N) is 2. The summed E-state index contributed by atoms with van der Waals surface area (Å²) in [5.74, 6) is 0.188. The van der Waals surface area contributed by atoms with Gasteiger partial charge in [-0.3, -0.25) is 9.59 Å². The minimum Gasteiger partial charge on any atom is -0.496 e. The fraction of sp³-hybridized carbons (Fsp3) is 0.185. The Hall–Kier alpha value is -4.06. The molecule has 168 valence electrons. The van der Waals surface area contributed by atoms with Crippen molar-refractivity contribution in [3.63, 3.8) is 0 Å². The quantitative estimate of drug-likeness (QED) is 0.481. The largest absolute Gasteiger partial charge is 0.496 e. The summed E-state index contributed by atoms with van der Waals surface area (Å²) >= 11 is 0. The summed E-state index contributed by atoms with van der Waals surface area (Å²) in [5, 5.41) is 0.